The van der Waals surface area contributed by atoms with Gasteiger partial charge in [-0.05, 0) is 26.4 Å². The van der Waals surface area contributed by atoms with Gasteiger partial charge in [-0.1, -0.05) is 0 Å². The van der Waals surface area contributed by atoms with Crippen LogP contribution in [0.3, 0.4) is 0 Å². The van der Waals surface area contributed by atoms with Gasteiger partial charge in [0.1, 0.15) is 0 Å². The summed E-state index contributed by atoms with van der Waals surface area (Å²) in [6.07, 6.45) is 2.83. The average Bonchev–Trinajstić information content (AvgIpc) is 2.87. The highest BCUT2D eigenvalue weighted by Gasteiger charge is 2.20. The van der Waals surface area contributed by atoms with Crippen LogP contribution in [0.4, 0.5) is 0 Å². The quantitative estimate of drug-likeness (QED) is 0.849. The van der Waals surface area contributed by atoms with Crippen LogP contribution in [0.5, 0.6) is 0 Å². The van der Waals surface area contributed by atoms with Gasteiger partial charge in [0.25, 0.3) is 0 Å². The number of amides is 1. The first-order chi connectivity index (χ1) is 7.75. The fourth-order valence-corrected chi connectivity index (χ4v) is 2.58. The Morgan fingerprint density at radius 2 is 2.62 bits per heavy atom. The van der Waals surface area contributed by atoms with Crippen molar-refractivity contribution in [2.75, 3.05) is 20.1 Å². The third-order valence-corrected chi connectivity index (χ3v) is 3.67. The van der Waals surface area contributed by atoms with Crippen molar-refractivity contribution in [2.24, 2.45) is 0 Å². The molecule has 0 spiro atoms. The topological polar surface area (TPSA) is 45.2 Å². The molecule has 1 aliphatic heterocycles. The van der Waals surface area contributed by atoms with Crippen LogP contribution in [-0.4, -0.2) is 42.0 Å². The maximum atomic E-state index is 11.6. The second-order valence-electron chi connectivity index (χ2n) is 4.24. The highest BCUT2D eigenvalue weighted by atomic mass is 32.1. The number of likely N-dealkylation sites (tertiary alicyclic amines) is 1. The molecule has 1 aliphatic rings. The van der Waals surface area contributed by atoms with Crippen molar-refractivity contribution in [1.29, 1.82) is 0 Å². The van der Waals surface area contributed by atoms with Crippen molar-refractivity contribution in [3.8, 4) is 0 Å². The fraction of sp³-hybridized carbons (Fsp3) is 0.636. The zero-order valence-electron chi connectivity index (χ0n) is 9.48. The number of carbonyl (C=O) groups excluding carboxylic acids is 1. The number of hydrogen-bond acceptors (Lipinski definition) is 4. The summed E-state index contributed by atoms with van der Waals surface area (Å²) in [7, 11) is 2.12. The predicted molar refractivity (Wildman–Crippen MR) is 64.5 cm³/mol. The smallest absolute Gasteiger partial charge is 0.226 e. The van der Waals surface area contributed by atoms with Crippen LogP contribution in [0.1, 0.15) is 18.5 Å². The van der Waals surface area contributed by atoms with Crippen molar-refractivity contribution >= 4 is 17.2 Å². The van der Waals surface area contributed by atoms with Crippen molar-refractivity contribution in [2.45, 2.75) is 25.3 Å². The van der Waals surface area contributed by atoms with Gasteiger partial charge in [0.15, 0.2) is 0 Å². The van der Waals surface area contributed by atoms with Crippen LogP contribution < -0.4 is 5.32 Å². The summed E-state index contributed by atoms with van der Waals surface area (Å²) in [6.45, 7) is 1.91. The van der Waals surface area contributed by atoms with Crippen LogP contribution in [0.2, 0.25) is 0 Å². The largest absolute Gasteiger partial charge is 0.354 e. The number of likely N-dealkylation sites (N-methyl/N-ethyl adjacent to an activating group) is 1. The third kappa shape index (κ3) is 3.02. The Hall–Kier alpha value is -0.940. The van der Waals surface area contributed by atoms with Gasteiger partial charge in [0.2, 0.25) is 5.91 Å². The van der Waals surface area contributed by atoms with Crippen molar-refractivity contribution in [1.82, 2.24) is 15.2 Å². The van der Waals surface area contributed by atoms with Crippen molar-refractivity contribution in [3.63, 3.8) is 0 Å². The Morgan fingerprint density at radius 3 is 3.25 bits per heavy atom. The van der Waals surface area contributed by atoms with Gasteiger partial charge >= 0.3 is 0 Å². The van der Waals surface area contributed by atoms with Crippen LogP contribution in [0.15, 0.2) is 10.9 Å². The second kappa shape index (κ2) is 5.41. The Morgan fingerprint density at radius 1 is 1.75 bits per heavy atom. The van der Waals surface area contributed by atoms with E-state index in [0.717, 1.165) is 18.8 Å². The average molecular weight is 239 g/mol. The van der Waals surface area contributed by atoms with Gasteiger partial charge < -0.3 is 10.2 Å². The second-order valence-corrected chi connectivity index (χ2v) is 4.96. The van der Waals surface area contributed by atoms with E-state index in [-0.39, 0.29) is 5.91 Å². The summed E-state index contributed by atoms with van der Waals surface area (Å²) >= 11 is 1.53. The first kappa shape index (κ1) is 11.5. The minimum atomic E-state index is 0.0752. The Kier molecular flexibility index (Phi) is 3.90. The molecule has 0 saturated carbocycles. The van der Waals surface area contributed by atoms with Crippen LogP contribution in [0, 0.1) is 0 Å². The van der Waals surface area contributed by atoms with Crippen LogP contribution in [0.25, 0.3) is 0 Å². The highest BCUT2D eigenvalue weighted by Crippen LogP contribution is 2.13. The first-order valence-electron chi connectivity index (χ1n) is 5.59. The van der Waals surface area contributed by atoms with E-state index < -0.39 is 0 Å². The Labute approximate surface area is 99.7 Å². The standard InChI is InChI=1S/C11H17N3OS/c1-14-4-2-3-10(14)6-12-11(15)5-9-7-16-8-13-9/h7-8,10H,2-6H2,1H3,(H,12,15). The Balaban J connectivity index is 1.71. The van der Waals surface area contributed by atoms with E-state index in [1.807, 2.05) is 5.38 Å². The van der Waals surface area contributed by atoms with Gasteiger partial charge in [-0.15, -0.1) is 11.3 Å². The number of nitrogens with zero attached hydrogens (tertiary/aromatic N) is 2. The van der Waals surface area contributed by atoms with Crippen molar-refractivity contribution in [3.05, 3.63) is 16.6 Å². The summed E-state index contributed by atoms with van der Waals surface area (Å²) in [4.78, 5) is 18.0. The zero-order chi connectivity index (χ0) is 11.4. The lowest BCUT2D eigenvalue weighted by molar-refractivity contribution is -0.120. The lowest BCUT2D eigenvalue weighted by atomic mass is 10.2. The van der Waals surface area contributed by atoms with Crippen molar-refractivity contribution < 1.29 is 4.79 Å². The van der Waals surface area contributed by atoms with Gasteiger partial charge in [-0.2, -0.15) is 0 Å². The maximum absolute atomic E-state index is 11.6. The zero-order valence-corrected chi connectivity index (χ0v) is 10.3. The number of rotatable bonds is 4. The van der Waals surface area contributed by atoms with E-state index >= 15 is 0 Å². The number of nitrogens with one attached hydrogen (secondary N) is 1. The van der Waals surface area contributed by atoms with Gasteiger partial charge in [0.05, 0.1) is 17.6 Å². The molecule has 1 saturated heterocycles. The molecule has 0 aliphatic carbocycles. The first-order valence-corrected chi connectivity index (χ1v) is 6.54. The molecular formula is C11H17N3OS. The molecule has 2 heterocycles. The molecule has 88 valence electrons. The van der Waals surface area contributed by atoms with E-state index in [2.05, 4.69) is 22.2 Å². The van der Waals surface area contributed by atoms with Gasteiger partial charge in [0, 0.05) is 18.0 Å². The van der Waals surface area contributed by atoms with Crippen LogP contribution >= 0.6 is 11.3 Å². The van der Waals surface area contributed by atoms with E-state index in [4.69, 9.17) is 0 Å². The lowest BCUT2D eigenvalue weighted by Gasteiger charge is -2.19. The number of hydrogen-bond donors (Lipinski definition) is 1. The molecule has 1 N–H and O–H groups in total. The van der Waals surface area contributed by atoms with E-state index in [0.29, 0.717) is 12.5 Å². The van der Waals surface area contributed by atoms with Crippen LogP contribution in [-0.2, 0) is 11.2 Å². The summed E-state index contributed by atoms with van der Waals surface area (Å²) < 4.78 is 0. The van der Waals surface area contributed by atoms with E-state index in [1.54, 1.807) is 5.51 Å². The van der Waals surface area contributed by atoms with Gasteiger partial charge in [-0.25, -0.2) is 4.98 Å². The number of thiazole rings is 1. The molecule has 16 heavy (non-hydrogen) atoms. The maximum Gasteiger partial charge on any atom is 0.226 e. The summed E-state index contributed by atoms with van der Waals surface area (Å²) in [5.41, 5.74) is 2.62. The van der Waals surface area contributed by atoms with E-state index in [1.165, 1.54) is 24.2 Å². The molecule has 1 atom stereocenters. The molecule has 0 radical (unpaired) electrons. The molecule has 1 fully saturated rings. The minimum Gasteiger partial charge on any atom is -0.354 e. The lowest BCUT2D eigenvalue weighted by Crippen LogP contribution is -2.38. The van der Waals surface area contributed by atoms with Gasteiger partial charge in [-0.3, -0.25) is 4.79 Å². The molecule has 0 bridgehead atoms. The summed E-state index contributed by atoms with van der Waals surface area (Å²) in [5.74, 6) is 0.0752. The number of aromatic nitrogens is 1. The molecule has 4 nitrogen and oxygen atoms in total. The highest BCUT2D eigenvalue weighted by molar-refractivity contribution is 7.07. The molecule has 5 heteroatoms. The molecule has 1 amide bonds. The molecule has 0 aromatic carbocycles. The molecule has 1 aromatic heterocycles. The summed E-state index contributed by atoms with van der Waals surface area (Å²) in [5, 5.41) is 4.90. The number of carbonyl (C=O) groups is 1. The fourth-order valence-electron chi connectivity index (χ4n) is 2.02. The SMILES string of the molecule is CN1CCCC1CNC(=O)Cc1cscn1. The van der Waals surface area contributed by atoms with E-state index in [9.17, 15) is 4.79 Å². The Bertz CT molecular complexity index is 339. The minimum absolute atomic E-state index is 0.0752. The molecule has 1 unspecified atom stereocenters. The predicted octanol–water partition coefficient (Wildman–Crippen LogP) is 0.896. The summed E-state index contributed by atoms with van der Waals surface area (Å²) in [6, 6.07) is 0.513. The molecule has 1 aromatic rings. The monoisotopic (exact) mass is 239 g/mol. The molecular weight excluding hydrogens is 222 g/mol. The third-order valence-electron chi connectivity index (χ3n) is 3.03. The molecule has 2 rings (SSSR count). The normalized spacial score (nSPS) is 21.2.